The first-order valence-electron chi connectivity index (χ1n) is 6.48. The molecule has 20 heavy (non-hydrogen) atoms. The summed E-state index contributed by atoms with van der Waals surface area (Å²) in [5, 5.41) is 12.6. The van der Waals surface area contributed by atoms with Crippen LogP contribution in [0.4, 0.5) is 5.69 Å². The number of rotatable bonds is 5. The molecule has 0 saturated carbocycles. The summed E-state index contributed by atoms with van der Waals surface area (Å²) in [6, 6.07) is 9.31. The second-order valence-corrected chi connectivity index (χ2v) is 5.42. The zero-order valence-electron chi connectivity index (χ0n) is 11.2. The van der Waals surface area contributed by atoms with Crippen molar-refractivity contribution in [3.05, 3.63) is 52.8 Å². The van der Waals surface area contributed by atoms with Crippen LogP contribution in [0.2, 0.25) is 0 Å². The van der Waals surface area contributed by atoms with Crippen molar-refractivity contribution in [2.45, 2.75) is 26.0 Å². The highest BCUT2D eigenvalue weighted by Gasteiger charge is 2.09. The fourth-order valence-corrected chi connectivity index (χ4v) is 2.29. The summed E-state index contributed by atoms with van der Waals surface area (Å²) in [7, 11) is 0. The number of carbonyl (C=O) groups excluding carboxylic acids is 1. The van der Waals surface area contributed by atoms with Crippen molar-refractivity contribution >= 4 is 27.5 Å². The van der Waals surface area contributed by atoms with E-state index >= 15 is 0 Å². The van der Waals surface area contributed by atoms with Gasteiger partial charge < -0.3 is 15.0 Å². The molecule has 1 aromatic heterocycles. The van der Waals surface area contributed by atoms with Crippen molar-refractivity contribution < 1.29 is 9.90 Å². The maximum atomic E-state index is 12.0. The third-order valence-electron chi connectivity index (χ3n) is 3.02. The molecule has 4 nitrogen and oxygen atoms in total. The molecule has 0 radical (unpaired) electrons. The summed E-state index contributed by atoms with van der Waals surface area (Å²) >= 11 is 3.39. The lowest BCUT2D eigenvalue weighted by atomic mass is 10.1. The molecule has 0 bridgehead atoms. The van der Waals surface area contributed by atoms with Crippen LogP contribution in [0.3, 0.4) is 0 Å². The molecule has 1 amide bonds. The predicted molar refractivity (Wildman–Crippen MR) is 82.5 cm³/mol. The van der Waals surface area contributed by atoms with Crippen molar-refractivity contribution in [1.82, 2.24) is 4.57 Å². The van der Waals surface area contributed by atoms with Gasteiger partial charge in [0.15, 0.2) is 0 Å². The Morgan fingerprint density at radius 3 is 2.85 bits per heavy atom. The first-order chi connectivity index (χ1) is 9.60. The van der Waals surface area contributed by atoms with Gasteiger partial charge in [-0.25, -0.2) is 0 Å². The second kappa shape index (κ2) is 6.72. The van der Waals surface area contributed by atoms with E-state index < -0.39 is 6.10 Å². The first kappa shape index (κ1) is 14.8. The molecule has 0 aliphatic rings. The molecule has 1 heterocycles. The predicted octanol–water partition coefficient (Wildman–Crippen LogP) is 3.33. The largest absolute Gasteiger partial charge is 0.388 e. The van der Waals surface area contributed by atoms with Gasteiger partial charge in [-0.2, -0.15) is 0 Å². The molecule has 0 spiro atoms. The van der Waals surface area contributed by atoms with E-state index in [9.17, 15) is 9.90 Å². The number of halogens is 1. The smallest absolute Gasteiger partial charge is 0.244 e. The van der Waals surface area contributed by atoms with E-state index in [4.69, 9.17) is 0 Å². The van der Waals surface area contributed by atoms with Crippen LogP contribution in [-0.2, 0) is 11.3 Å². The number of hydrogen-bond acceptors (Lipinski definition) is 2. The Labute approximate surface area is 126 Å². The van der Waals surface area contributed by atoms with Gasteiger partial charge in [0.1, 0.15) is 6.54 Å². The van der Waals surface area contributed by atoms with Gasteiger partial charge >= 0.3 is 0 Å². The van der Waals surface area contributed by atoms with Crippen LogP contribution in [0, 0.1) is 0 Å². The highest BCUT2D eigenvalue weighted by atomic mass is 79.9. The Balaban J connectivity index is 1.98. The second-order valence-electron chi connectivity index (χ2n) is 4.57. The highest BCUT2D eigenvalue weighted by molar-refractivity contribution is 9.10. The fourth-order valence-electron chi connectivity index (χ4n) is 1.91. The maximum absolute atomic E-state index is 12.0. The summed E-state index contributed by atoms with van der Waals surface area (Å²) in [5.41, 5.74) is 1.58. The molecule has 5 heteroatoms. The number of anilines is 1. The van der Waals surface area contributed by atoms with E-state index in [0.717, 1.165) is 15.7 Å². The molecule has 0 aliphatic heterocycles. The van der Waals surface area contributed by atoms with Gasteiger partial charge in [0.05, 0.1) is 11.8 Å². The Hall–Kier alpha value is -1.59. The Bertz CT molecular complexity index is 595. The minimum atomic E-state index is -0.470. The van der Waals surface area contributed by atoms with Crippen molar-refractivity contribution in [1.29, 1.82) is 0 Å². The number of carbonyl (C=O) groups is 1. The van der Waals surface area contributed by atoms with Crippen LogP contribution in [-0.4, -0.2) is 15.6 Å². The molecular formula is C15H17BrN2O2. The van der Waals surface area contributed by atoms with Gasteiger partial charge in [-0.15, -0.1) is 0 Å². The number of para-hydroxylation sites is 1. The van der Waals surface area contributed by atoms with Crippen LogP contribution in [0.1, 0.15) is 25.0 Å². The molecule has 1 aromatic carbocycles. The number of benzene rings is 1. The van der Waals surface area contributed by atoms with Crippen molar-refractivity contribution in [3.63, 3.8) is 0 Å². The summed E-state index contributed by atoms with van der Waals surface area (Å²) in [4.78, 5) is 12.0. The molecule has 0 saturated heterocycles. The lowest BCUT2D eigenvalue weighted by Crippen LogP contribution is -2.18. The number of aliphatic hydroxyl groups is 1. The van der Waals surface area contributed by atoms with Gasteiger partial charge in [-0.05, 0) is 46.1 Å². The van der Waals surface area contributed by atoms with Gasteiger partial charge in [0.25, 0.3) is 0 Å². The van der Waals surface area contributed by atoms with Gasteiger partial charge in [0, 0.05) is 16.9 Å². The number of aromatic nitrogens is 1. The van der Waals surface area contributed by atoms with E-state index in [2.05, 4.69) is 21.2 Å². The topological polar surface area (TPSA) is 54.3 Å². The molecule has 0 fully saturated rings. The first-order valence-corrected chi connectivity index (χ1v) is 7.27. The zero-order valence-corrected chi connectivity index (χ0v) is 12.8. The molecule has 106 valence electrons. The van der Waals surface area contributed by atoms with E-state index in [1.54, 1.807) is 17.0 Å². The number of nitrogens with one attached hydrogen (secondary N) is 1. The fraction of sp³-hybridized carbons (Fsp3) is 0.267. The third-order valence-corrected chi connectivity index (χ3v) is 3.71. The lowest BCUT2D eigenvalue weighted by molar-refractivity contribution is -0.116. The minimum absolute atomic E-state index is 0.106. The van der Waals surface area contributed by atoms with Crippen LogP contribution in [0.15, 0.2) is 47.2 Å². The maximum Gasteiger partial charge on any atom is 0.244 e. The molecule has 0 aliphatic carbocycles. The number of nitrogens with zero attached hydrogens (tertiary/aromatic N) is 1. The normalized spacial score (nSPS) is 12.2. The Morgan fingerprint density at radius 1 is 1.40 bits per heavy atom. The van der Waals surface area contributed by atoms with Crippen molar-refractivity contribution in [3.8, 4) is 0 Å². The molecule has 1 atom stereocenters. The minimum Gasteiger partial charge on any atom is -0.388 e. The number of aliphatic hydroxyl groups excluding tert-OH is 1. The average Bonchev–Trinajstić information content (AvgIpc) is 2.89. The summed E-state index contributed by atoms with van der Waals surface area (Å²) in [6.07, 6.45) is 3.79. The lowest BCUT2D eigenvalue weighted by Gasteiger charge is -2.08. The molecule has 2 rings (SSSR count). The molecular weight excluding hydrogens is 320 g/mol. The van der Waals surface area contributed by atoms with Crippen molar-refractivity contribution in [2.75, 3.05) is 5.32 Å². The number of hydrogen-bond donors (Lipinski definition) is 2. The Morgan fingerprint density at radius 2 is 2.15 bits per heavy atom. The van der Waals surface area contributed by atoms with Crippen LogP contribution >= 0.6 is 15.9 Å². The molecule has 2 N–H and O–H groups in total. The Kier molecular flexibility index (Phi) is 4.98. The van der Waals surface area contributed by atoms with Gasteiger partial charge in [0.2, 0.25) is 5.91 Å². The van der Waals surface area contributed by atoms with Gasteiger partial charge in [-0.3, -0.25) is 4.79 Å². The van der Waals surface area contributed by atoms with E-state index in [0.29, 0.717) is 6.42 Å². The summed E-state index contributed by atoms with van der Waals surface area (Å²) in [6.45, 7) is 2.14. The average molecular weight is 337 g/mol. The SMILES string of the molecule is CCC(O)c1ccn(CC(=O)Nc2ccccc2Br)c1. The standard InChI is InChI=1S/C15H17BrN2O2/c1-2-14(19)11-7-8-18(9-11)10-15(20)17-13-6-4-3-5-12(13)16/h3-9,14,19H,2,10H2,1H3,(H,17,20). The monoisotopic (exact) mass is 336 g/mol. The van der Waals surface area contributed by atoms with Crippen LogP contribution < -0.4 is 5.32 Å². The molecule has 2 aromatic rings. The summed E-state index contributed by atoms with van der Waals surface area (Å²) in [5.74, 6) is -0.106. The van der Waals surface area contributed by atoms with E-state index in [-0.39, 0.29) is 12.5 Å². The van der Waals surface area contributed by atoms with Crippen LogP contribution in [0.5, 0.6) is 0 Å². The van der Waals surface area contributed by atoms with Crippen molar-refractivity contribution in [2.24, 2.45) is 0 Å². The van der Waals surface area contributed by atoms with E-state index in [1.165, 1.54) is 0 Å². The highest BCUT2D eigenvalue weighted by Crippen LogP contribution is 2.21. The quantitative estimate of drug-likeness (QED) is 0.879. The molecule has 1 unspecified atom stereocenters. The van der Waals surface area contributed by atoms with E-state index in [1.807, 2.05) is 37.3 Å². The van der Waals surface area contributed by atoms with Crippen LogP contribution in [0.25, 0.3) is 0 Å². The third kappa shape index (κ3) is 3.71. The number of amides is 1. The zero-order chi connectivity index (χ0) is 14.5. The summed E-state index contributed by atoms with van der Waals surface area (Å²) < 4.78 is 2.61. The van der Waals surface area contributed by atoms with Gasteiger partial charge in [-0.1, -0.05) is 19.1 Å².